The van der Waals surface area contributed by atoms with Crippen LogP contribution in [0.2, 0.25) is 0 Å². The van der Waals surface area contributed by atoms with Crippen molar-refractivity contribution >= 4 is 0 Å². The van der Waals surface area contributed by atoms with Crippen LogP contribution in [0.4, 0.5) is 0 Å². The normalized spacial score (nSPS) is 15.5. The van der Waals surface area contributed by atoms with Gasteiger partial charge in [0.15, 0.2) is 0 Å². The van der Waals surface area contributed by atoms with Gasteiger partial charge < -0.3 is 17.2 Å². The molecule has 6 N–H and O–H groups in total. The first-order valence-electron chi connectivity index (χ1n) is 2.58. The lowest BCUT2D eigenvalue weighted by Gasteiger charge is -2.08. The van der Waals surface area contributed by atoms with Gasteiger partial charge >= 0.3 is 0 Å². The molecule has 0 bridgehead atoms. The zero-order chi connectivity index (χ0) is 6.57. The third-order valence-corrected chi connectivity index (χ3v) is 1.02. The Balaban J connectivity index is 3.47. The van der Waals surface area contributed by atoms with Crippen molar-refractivity contribution < 1.29 is 0 Å². The standard InChI is InChI=1S/C5H13N3/c1-4(2-3-6)5(7)8/h2-5H,6-8H2,1H3/b3-2-/t4-/m0/s1. The Morgan fingerprint density at radius 3 is 2.00 bits per heavy atom. The van der Waals surface area contributed by atoms with E-state index in [0.29, 0.717) is 0 Å². The Kier molecular flexibility index (Phi) is 3.23. The highest BCUT2D eigenvalue weighted by Crippen LogP contribution is 1.94. The highest BCUT2D eigenvalue weighted by atomic mass is 14.9. The zero-order valence-electron chi connectivity index (χ0n) is 5.04. The van der Waals surface area contributed by atoms with Crippen molar-refractivity contribution in [3.05, 3.63) is 12.3 Å². The summed E-state index contributed by atoms with van der Waals surface area (Å²) >= 11 is 0. The van der Waals surface area contributed by atoms with E-state index in [-0.39, 0.29) is 12.1 Å². The van der Waals surface area contributed by atoms with Crippen LogP contribution in [0.5, 0.6) is 0 Å². The molecule has 3 heteroatoms. The van der Waals surface area contributed by atoms with E-state index in [1.807, 2.05) is 6.92 Å². The fourth-order valence-electron chi connectivity index (χ4n) is 0.304. The summed E-state index contributed by atoms with van der Waals surface area (Å²) in [6.45, 7) is 1.91. The lowest BCUT2D eigenvalue weighted by molar-refractivity contribution is 0.558. The van der Waals surface area contributed by atoms with Gasteiger partial charge in [0.2, 0.25) is 0 Å². The summed E-state index contributed by atoms with van der Waals surface area (Å²) in [5, 5.41) is 0. The number of rotatable bonds is 2. The molecule has 0 aromatic heterocycles. The van der Waals surface area contributed by atoms with Gasteiger partial charge in [0.25, 0.3) is 0 Å². The van der Waals surface area contributed by atoms with Crippen molar-refractivity contribution in [3.8, 4) is 0 Å². The maximum atomic E-state index is 5.29. The fourth-order valence-corrected chi connectivity index (χ4v) is 0.304. The Hall–Kier alpha value is -0.540. The average molecular weight is 115 g/mol. The fraction of sp³-hybridized carbons (Fsp3) is 0.600. The van der Waals surface area contributed by atoms with Crippen LogP contribution >= 0.6 is 0 Å². The third kappa shape index (κ3) is 2.60. The van der Waals surface area contributed by atoms with Crippen molar-refractivity contribution in [2.24, 2.45) is 23.1 Å². The van der Waals surface area contributed by atoms with Crippen LogP contribution in [0.25, 0.3) is 0 Å². The highest BCUT2D eigenvalue weighted by molar-refractivity contribution is 4.85. The van der Waals surface area contributed by atoms with E-state index >= 15 is 0 Å². The van der Waals surface area contributed by atoms with Gasteiger partial charge in [-0.25, -0.2) is 0 Å². The van der Waals surface area contributed by atoms with E-state index in [1.54, 1.807) is 6.08 Å². The largest absolute Gasteiger partial charge is 0.405 e. The van der Waals surface area contributed by atoms with E-state index in [9.17, 15) is 0 Å². The lowest BCUT2D eigenvalue weighted by Crippen LogP contribution is -2.36. The maximum Gasteiger partial charge on any atom is 0.0583 e. The second-order valence-corrected chi connectivity index (χ2v) is 1.82. The number of nitrogens with two attached hydrogens (primary N) is 3. The molecular weight excluding hydrogens is 102 g/mol. The van der Waals surface area contributed by atoms with Gasteiger partial charge in [-0.05, 0) is 6.20 Å². The van der Waals surface area contributed by atoms with Gasteiger partial charge in [-0.3, -0.25) is 0 Å². The summed E-state index contributed by atoms with van der Waals surface area (Å²) in [5.74, 6) is 0.167. The Bertz CT molecular complexity index is 77.7. The van der Waals surface area contributed by atoms with Crippen LogP contribution in [0.15, 0.2) is 12.3 Å². The molecule has 1 atom stereocenters. The molecule has 0 rings (SSSR count). The minimum absolute atomic E-state index is 0.167. The molecule has 0 saturated carbocycles. The zero-order valence-corrected chi connectivity index (χ0v) is 5.04. The quantitative estimate of drug-likeness (QED) is 0.418. The molecule has 0 radical (unpaired) electrons. The first-order valence-corrected chi connectivity index (χ1v) is 2.58. The van der Waals surface area contributed by atoms with Crippen LogP contribution in [0, 0.1) is 5.92 Å². The predicted molar refractivity (Wildman–Crippen MR) is 34.7 cm³/mol. The summed E-state index contributed by atoms with van der Waals surface area (Å²) < 4.78 is 0. The molecule has 0 amide bonds. The van der Waals surface area contributed by atoms with Crippen molar-refractivity contribution in [1.82, 2.24) is 0 Å². The van der Waals surface area contributed by atoms with Crippen molar-refractivity contribution in [2.45, 2.75) is 13.1 Å². The lowest BCUT2D eigenvalue weighted by atomic mass is 10.1. The topological polar surface area (TPSA) is 78.1 Å². The smallest absolute Gasteiger partial charge is 0.0583 e. The molecule has 0 saturated heterocycles. The Morgan fingerprint density at radius 2 is 1.88 bits per heavy atom. The number of hydrogen-bond acceptors (Lipinski definition) is 3. The molecule has 48 valence electrons. The SMILES string of the molecule is C[C@@H](/C=C\N)C(N)N. The van der Waals surface area contributed by atoms with Crippen LogP contribution in [0.1, 0.15) is 6.92 Å². The summed E-state index contributed by atoms with van der Waals surface area (Å²) in [6.07, 6.45) is 2.93. The minimum Gasteiger partial charge on any atom is -0.405 e. The summed E-state index contributed by atoms with van der Waals surface area (Å²) in [4.78, 5) is 0. The monoisotopic (exact) mass is 115 g/mol. The first kappa shape index (κ1) is 7.46. The van der Waals surface area contributed by atoms with Crippen molar-refractivity contribution in [1.29, 1.82) is 0 Å². The Morgan fingerprint density at radius 1 is 1.38 bits per heavy atom. The van der Waals surface area contributed by atoms with E-state index in [1.165, 1.54) is 6.20 Å². The van der Waals surface area contributed by atoms with E-state index in [2.05, 4.69) is 0 Å². The number of hydrogen-bond donors (Lipinski definition) is 3. The average Bonchev–Trinajstić information content (AvgIpc) is 1.67. The molecule has 0 unspecified atom stereocenters. The molecule has 3 nitrogen and oxygen atoms in total. The molecule has 0 aliphatic carbocycles. The summed E-state index contributed by atoms with van der Waals surface area (Å²) in [6, 6.07) is 0. The van der Waals surface area contributed by atoms with Gasteiger partial charge in [0, 0.05) is 5.92 Å². The second-order valence-electron chi connectivity index (χ2n) is 1.82. The third-order valence-electron chi connectivity index (χ3n) is 1.02. The van der Waals surface area contributed by atoms with Gasteiger partial charge in [0.1, 0.15) is 0 Å². The van der Waals surface area contributed by atoms with Crippen LogP contribution in [-0.4, -0.2) is 6.17 Å². The molecule has 0 spiro atoms. The molecule has 0 fully saturated rings. The van der Waals surface area contributed by atoms with Gasteiger partial charge in [-0.1, -0.05) is 13.0 Å². The molecule has 0 aromatic rings. The molecule has 8 heavy (non-hydrogen) atoms. The molecule has 0 aliphatic heterocycles. The maximum absolute atomic E-state index is 5.29. The summed E-state index contributed by atoms with van der Waals surface area (Å²) in [7, 11) is 0. The molecular formula is C5H13N3. The van der Waals surface area contributed by atoms with Crippen LogP contribution in [0.3, 0.4) is 0 Å². The summed E-state index contributed by atoms with van der Waals surface area (Å²) in [5.41, 5.74) is 15.7. The van der Waals surface area contributed by atoms with Crippen LogP contribution < -0.4 is 17.2 Å². The van der Waals surface area contributed by atoms with Crippen molar-refractivity contribution in [3.63, 3.8) is 0 Å². The van der Waals surface area contributed by atoms with Crippen LogP contribution in [-0.2, 0) is 0 Å². The minimum atomic E-state index is -0.296. The van der Waals surface area contributed by atoms with E-state index in [0.717, 1.165) is 0 Å². The highest BCUT2D eigenvalue weighted by Gasteiger charge is 2.00. The molecule has 0 aromatic carbocycles. The second kappa shape index (κ2) is 3.46. The van der Waals surface area contributed by atoms with E-state index < -0.39 is 0 Å². The predicted octanol–water partition coefficient (Wildman–Crippen LogP) is -0.662. The van der Waals surface area contributed by atoms with Gasteiger partial charge in [-0.2, -0.15) is 0 Å². The van der Waals surface area contributed by atoms with E-state index in [4.69, 9.17) is 17.2 Å². The molecule has 0 heterocycles. The Labute approximate surface area is 49.5 Å². The van der Waals surface area contributed by atoms with Gasteiger partial charge in [0.05, 0.1) is 6.17 Å². The van der Waals surface area contributed by atoms with Gasteiger partial charge in [-0.15, -0.1) is 0 Å². The molecule has 0 aliphatic rings. The first-order chi connectivity index (χ1) is 3.68. The van der Waals surface area contributed by atoms with Crippen molar-refractivity contribution in [2.75, 3.05) is 0 Å².